The Kier molecular flexibility index (Phi) is 6.32. The van der Waals surface area contributed by atoms with Gasteiger partial charge in [-0.05, 0) is 68.8 Å². The van der Waals surface area contributed by atoms with E-state index in [2.05, 4.69) is 37.4 Å². The maximum Gasteiger partial charge on any atom is 0.167 e. The van der Waals surface area contributed by atoms with Crippen molar-refractivity contribution in [3.8, 4) is 23.3 Å². The normalized spacial score (nSPS) is 15.4. The first-order valence-electron chi connectivity index (χ1n) is 11.3. The maximum absolute atomic E-state index is 14.8. The van der Waals surface area contributed by atoms with Crippen molar-refractivity contribution in [3.05, 3.63) is 78.1 Å². The molecule has 1 fully saturated rings. The van der Waals surface area contributed by atoms with E-state index in [1.165, 1.54) is 12.4 Å². The molecule has 1 atom stereocenters. The molecule has 0 spiro atoms. The van der Waals surface area contributed by atoms with Gasteiger partial charge in [0, 0.05) is 41.4 Å². The van der Waals surface area contributed by atoms with Crippen LogP contribution in [-0.2, 0) is 0 Å². The molecule has 6 nitrogen and oxygen atoms in total. The van der Waals surface area contributed by atoms with Crippen LogP contribution >= 0.6 is 0 Å². The third-order valence-corrected chi connectivity index (χ3v) is 5.73. The standard InChI is InChI=1S/C27H24FN5O/c1-18-25(5-3-13-30-18)34-26-11-9-21(15-23(26)28)33-27-22-14-19(8-10-24(22)31-17-32-27)6-7-20-4-2-12-29-16-20/h3,5,8-11,13-15,17,20,29H,2,4,12,16H2,1H3,(H,31,32,33). The largest absolute Gasteiger partial charge is 0.452 e. The second kappa shape index (κ2) is 9.86. The molecular formula is C27H24FN5O. The minimum absolute atomic E-state index is 0.129. The van der Waals surface area contributed by atoms with Crippen molar-refractivity contribution in [2.24, 2.45) is 5.92 Å². The van der Waals surface area contributed by atoms with Crippen LogP contribution < -0.4 is 15.4 Å². The zero-order chi connectivity index (χ0) is 23.3. The van der Waals surface area contributed by atoms with Gasteiger partial charge < -0.3 is 15.4 Å². The Morgan fingerprint density at radius 1 is 1.09 bits per heavy atom. The van der Waals surface area contributed by atoms with Crippen LogP contribution in [0.4, 0.5) is 15.9 Å². The van der Waals surface area contributed by atoms with Gasteiger partial charge in [0.25, 0.3) is 0 Å². The molecule has 1 aliphatic rings. The number of fused-ring (bicyclic) bond motifs is 1. The first kappa shape index (κ1) is 21.8. The van der Waals surface area contributed by atoms with Gasteiger partial charge in [0.15, 0.2) is 11.6 Å². The topological polar surface area (TPSA) is 72.0 Å². The summed E-state index contributed by atoms with van der Waals surface area (Å²) in [5.74, 6) is 7.77. The highest BCUT2D eigenvalue weighted by molar-refractivity contribution is 5.91. The van der Waals surface area contributed by atoms with Gasteiger partial charge in [-0.1, -0.05) is 11.8 Å². The highest BCUT2D eigenvalue weighted by Crippen LogP contribution is 2.30. The molecule has 0 radical (unpaired) electrons. The van der Waals surface area contributed by atoms with Gasteiger partial charge in [-0.25, -0.2) is 14.4 Å². The number of nitrogens with zero attached hydrogens (tertiary/aromatic N) is 3. The zero-order valence-electron chi connectivity index (χ0n) is 18.8. The van der Waals surface area contributed by atoms with Crippen LogP contribution in [0, 0.1) is 30.5 Å². The maximum atomic E-state index is 14.8. The Morgan fingerprint density at radius 3 is 2.85 bits per heavy atom. The molecule has 170 valence electrons. The first-order chi connectivity index (χ1) is 16.7. The number of benzene rings is 2. The molecular weight excluding hydrogens is 429 g/mol. The minimum Gasteiger partial charge on any atom is -0.452 e. The monoisotopic (exact) mass is 453 g/mol. The lowest BCUT2D eigenvalue weighted by Crippen LogP contribution is -2.28. The molecule has 1 aliphatic heterocycles. The SMILES string of the molecule is Cc1ncccc1Oc1ccc(Nc2ncnc3ccc(C#CC4CCCNC4)cc23)cc1F. The number of aryl methyl sites for hydroxylation is 1. The number of rotatable bonds is 4. The second-order valence-corrected chi connectivity index (χ2v) is 8.23. The van der Waals surface area contributed by atoms with Crippen molar-refractivity contribution in [1.29, 1.82) is 0 Å². The molecule has 2 N–H and O–H groups in total. The van der Waals surface area contributed by atoms with E-state index >= 15 is 0 Å². The average Bonchev–Trinajstić information content (AvgIpc) is 2.86. The molecule has 34 heavy (non-hydrogen) atoms. The van der Waals surface area contributed by atoms with E-state index in [1.54, 1.807) is 30.5 Å². The summed E-state index contributed by atoms with van der Waals surface area (Å²) in [6.07, 6.45) is 5.43. The number of aromatic nitrogens is 3. The Hall–Kier alpha value is -4.02. The Bertz CT molecular complexity index is 1390. The van der Waals surface area contributed by atoms with E-state index < -0.39 is 5.82 Å². The number of anilines is 2. The molecule has 5 rings (SSSR count). The van der Waals surface area contributed by atoms with Gasteiger partial charge >= 0.3 is 0 Å². The smallest absolute Gasteiger partial charge is 0.167 e. The van der Waals surface area contributed by atoms with Crippen LogP contribution in [0.1, 0.15) is 24.1 Å². The molecule has 0 bridgehead atoms. The van der Waals surface area contributed by atoms with E-state index in [4.69, 9.17) is 4.74 Å². The van der Waals surface area contributed by atoms with E-state index in [0.717, 1.165) is 42.4 Å². The van der Waals surface area contributed by atoms with Crippen LogP contribution in [0.3, 0.4) is 0 Å². The van der Waals surface area contributed by atoms with Crippen molar-refractivity contribution in [1.82, 2.24) is 20.3 Å². The predicted molar refractivity (Wildman–Crippen MR) is 131 cm³/mol. The summed E-state index contributed by atoms with van der Waals surface area (Å²) in [4.78, 5) is 12.9. The quantitative estimate of drug-likeness (QED) is 0.406. The van der Waals surface area contributed by atoms with Gasteiger partial charge in [-0.3, -0.25) is 4.98 Å². The van der Waals surface area contributed by atoms with E-state index in [-0.39, 0.29) is 5.75 Å². The molecule has 2 aromatic heterocycles. The van der Waals surface area contributed by atoms with Crippen LogP contribution in [0.2, 0.25) is 0 Å². The third kappa shape index (κ3) is 4.98. The van der Waals surface area contributed by atoms with Crippen molar-refractivity contribution in [3.63, 3.8) is 0 Å². The first-order valence-corrected chi connectivity index (χ1v) is 11.3. The summed E-state index contributed by atoms with van der Waals surface area (Å²) < 4.78 is 20.5. The van der Waals surface area contributed by atoms with Crippen LogP contribution in [0.25, 0.3) is 10.9 Å². The fourth-order valence-electron chi connectivity index (χ4n) is 3.89. The average molecular weight is 454 g/mol. The number of pyridine rings is 1. The van der Waals surface area contributed by atoms with Crippen LogP contribution in [0.5, 0.6) is 11.5 Å². The summed E-state index contributed by atoms with van der Waals surface area (Å²) in [5, 5.41) is 7.41. The number of hydrogen-bond acceptors (Lipinski definition) is 6. The van der Waals surface area contributed by atoms with Gasteiger partial charge in [-0.15, -0.1) is 0 Å². The molecule has 3 heterocycles. The van der Waals surface area contributed by atoms with Crippen molar-refractivity contribution in [2.45, 2.75) is 19.8 Å². The molecule has 0 amide bonds. The number of hydrogen-bond donors (Lipinski definition) is 2. The van der Waals surface area contributed by atoms with Crippen molar-refractivity contribution < 1.29 is 9.13 Å². The van der Waals surface area contributed by atoms with Gasteiger partial charge in [0.05, 0.1) is 11.2 Å². The van der Waals surface area contributed by atoms with Gasteiger partial charge in [0.1, 0.15) is 17.9 Å². The lowest BCUT2D eigenvalue weighted by atomic mass is 10.00. The van der Waals surface area contributed by atoms with E-state index in [9.17, 15) is 4.39 Å². The molecule has 4 aromatic rings. The Labute approximate surface area is 197 Å². The van der Waals surface area contributed by atoms with Gasteiger partial charge in [0.2, 0.25) is 0 Å². The molecule has 1 unspecified atom stereocenters. The highest BCUT2D eigenvalue weighted by Gasteiger charge is 2.11. The Balaban J connectivity index is 1.38. The van der Waals surface area contributed by atoms with Crippen molar-refractivity contribution in [2.75, 3.05) is 18.4 Å². The summed E-state index contributed by atoms with van der Waals surface area (Å²) in [6, 6.07) is 14.1. The number of piperidine rings is 1. The number of nitrogens with one attached hydrogen (secondary N) is 2. The second-order valence-electron chi connectivity index (χ2n) is 8.23. The molecule has 2 aromatic carbocycles. The van der Waals surface area contributed by atoms with E-state index in [0.29, 0.717) is 28.9 Å². The predicted octanol–water partition coefficient (Wildman–Crippen LogP) is 5.36. The molecule has 0 aliphatic carbocycles. The van der Waals surface area contributed by atoms with Crippen LogP contribution in [-0.4, -0.2) is 28.0 Å². The van der Waals surface area contributed by atoms with Gasteiger partial charge in [-0.2, -0.15) is 0 Å². The van der Waals surface area contributed by atoms with Crippen molar-refractivity contribution >= 4 is 22.4 Å². The molecule has 7 heteroatoms. The lowest BCUT2D eigenvalue weighted by Gasteiger charge is -2.17. The molecule has 0 saturated carbocycles. The summed E-state index contributed by atoms with van der Waals surface area (Å²) in [7, 11) is 0. The van der Waals surface area contributed by atoms with Crippen LogP contribution in [0.15, 0.2) is 61.1 Å². The fourth-order valence-corrected chi connectivity index (χ4v) is 3.89. The highest BCUT2D eigenvalue weighted by atomic mass is 19.1. The summed E-state index contributed by atoms with van der Waals surface area (Å²) >= 11 is 0. The minimum atomic E-state index is -0.487. The lowest BCUT2D eigenvalue weighted by molar-refractivity contribution is 0.437. The number of ether oxygens (including phenoxy) is 1. The third-order valence-electron chi connectivity index (χ3n) is 5.73. The zero-order valence-corrected chi connectivity index (χ0v) is 18.8. The Morgan fingerprint density at radius 2 is 2.03 bits per heavy atom. The summed E-state index contributed by atoms with van der Waals surface area (Å²) in [6.45, 7) is 3.81. The molecule has 1 saturated heterocycles. The van der Waals surface area contributed by atoms with E-state index in [1.807, 2.05) is 25.1 Å². The fraction of sp³-hybridized carbons (Fsp3) is 0.222. The summed E-state index contributed by atoms with van der Waals surface area (Å²) in [5.41, 5.74) is 2.93. The number of halogens is 1.